The first kappa shape index (κ1) is 103. The summed E-state index contributed by atoms with van der Waals surface area (Å²) in [5.74, 6) is 0. The summed E-state index contributed by atoms with van der Waals surface area (Å²) in [5, 5.41) is 16.9. The van der Waals surface area contributed by atoms with E-state index in [1.54, 1.807) is 0 Å². The normalized spacial score (nSPS) is 12.3. The predicted molar refractivity (Wildman–Crippen MR) is 491 cm³/mol. The zero-order valence-electron chi connectivity index (χ0n) is 71.0. The fourth-order valence-electron chi connectivity index (χ4n) is 12.1. The quantitative estimate of drug-likeness (QED) is 0.0187. The Bertz CT molecular complexity index is 3700. The second kappa shape index (κ2) is 52.6. The van der Waals surface area contributed by atoms with Gasteiger partial charge in [-0.25, -0.2) is 0 Å². The summed E-state index contributed by atoms with van der Waals surface area (Å²) in [6.45, 7) is 75.0. The zero-order valence-corrected chi connectivity index (χ0v) is 79.2. The minimum absolute atomic E-state index is 0.0450. The van der Waals surface area contributed by atoms with E-state index in [0.29, 0.717) is 33.0 Å². The Balaban J connectivity index is 0.000000669. The van der Waals surface area contributed by atoms with Crippen molar-refractivity contribution < 1.29 is 23.7 Å². The van der Waals surface area contributed by atoms with Gasteiger partial charge in [0.05, 0.1) is 140 Å². The Labute approximate surface area is 702 Å². The molecule has 5 rings (SSSR count). The van der Waals surface area contributed by atoms with Gasteiger partial charge in [0, 0.05) is 93.3 Å². The van der Waals surface area contributed by atoms with Crippen LogP contribution in [0, 0.1) is 45.1 Å². The van der Waals surface area contributed by atoms with Crippen LogP contribution >= 0.6 is 122 Å². The number of nitrogens with zero attached hydrogens (tertiary/aromatic N) is 5. The van der Waals surface area contributed by atoms with Crippen molar-refractivity contribution in [1.29, 1.82) is 0 Å². The van der Waals surface area contributed by atoms with Crippen LogP contribution in [0.2, 0.25) is 0 Å². The summed E-state index contributed by atoms with van der Waals surface area (Å²) in [6, 6.07) is 0. The molecule has 0 aliphatic heterocycles. The summed E-state index contributed by atoms with van der Waals surface area (Å²) in [5.41, 5.74) is 11.4. The van der Waals surface area contributed by atoms with E-state index in [4.69, 9.17) is 146 Å². The Morgan fingerprint density at radius 3 is 0.654 bits per heavy atom. The lowest BCUT2D eigenvalue weighted by Crippen LogP contribution is -2.29. The number of ether oxygens (including phenoxy) is 5. The maximum atomic E-state index is 5.76. The first-order valence-corrected chi connectivity index (χ1v) is 43.4. The molecule has 25 heteroatoms. The summed E-state index contributed by atoms with van der Waals surface area (Å²) in [7, 11) is 4.22. The van der Waals surface area contributed by atoms with Crippen molar-refractivity contribution >= 4 is 151 Å². The van der Waals surface area contributed by atoms with Crippen molar-refractivity contribution in [3.8, 4) is 0 Å². The van der Waals surface area contributed by atoms with Gasteiger partial charge in [0.1, 0.15) is 0 Å². The Kier molecular flexibility index (Phi) is 50.8. The highest BCUT2D eigenvalue weighted by atomic mass is 32.1. The van der Waals surface area contributed by atoms with Gasteiger partial charge in [-0.1, -0.05) is 281 Å². The third-order valence-electron chi connectivity index (χ3n) is 18.0. The Hall–Kier alpha value is -1.80. The SMILES string of the molecule is CCCN(C)CCOCCNc1c(C(C)(C)C)c(=S)c1=S.CCCN(CC)CCOCCNc1c(C(C)(C)C)c(=S)c1=S.CCCN(CCC)CCOCCNc1c(C(C)(C)C)c(=S)c1=S.CCN(C)CCOCCNc1c(C(C)(C)C)c(=S)c1=S.CCN(CC)CCOCCNc1c(C(C)(C)C)c(=S)c1=S. The van der Waals surface area contributed by atoms with Crippen LogP contribution in [0.25, 0.3) is 0 Å². The van der Waals surface area contributed by atoms with E-state index in [0.717, 1.165) is 224 Å². The monoisotopic (exact) mass is 1670 g/mol. The van der Waals surface area contributed by atoms with E-state index >= 15 is 0 Å². The molecule has 0 aromatic heterocycles. The minimum Gasteiger partial charge on any atom is -0.381 e. The maximum Gasteiger partial charge on any atom is 0.0796 e. The van der Waals surface area contributed by atoms with Crippen LogP contribution in [0.5, 0.6) is 0 Å². The minimum atomic E-state index is 0.0450. The van der Waals surface area contributed by atoms with Crippen molar-refractivity contribution in [3.63, 3.8) is 0 Å². The van der Waals surface area contributed by atoms with Gasteiger partial charge in [0.2, 0.25) is 0 Å². The van der Waals surface area contributed by atoms with Crippen molar-refractivity contribution in [1.82, 2.24) is 24.5 Å². The van der Waals surface area contributed by atoms with Crippen LogP contribution < -0.4 is 26.6 Å². The second-order valence-electron chi connectivity index (χ2n) is 32.5. The van der Waals surface area contributed by atoms with E-state index in [2.05, 4.69) is 224 Å². The molecule has 0 spiro atoms. The summed E-state index contributed by atoms with van der Waals surface area (Å²) in [4.78, 5) is 11.7. The van der Waals surface area contributed by atoms with E-state index in [1.807, 2.05) is 0 Å². The highest BCUT2D eigenvalue weighted by Crippen LogP contribution is 2.41. The number of hydrogen-bond donors (Lipinski definition) is 5. The van der Waals surface area contributed by atoms with Crippen molar-refractivity contribution in [2.45, 2.75) is 212 Å². The predicted octanol–water partition coefficient (Wildman–Crippen LogP) is 21.2. The van der Waals surface area contributed by atoms with Gasteiger partial charge < -0.3 is 74.8 Å². The summed E-state index contributed by atoms with van der Waals surface area (Å²) >= 11 is 53.5. The van der Waals surface area contributed by atoms with E-state index < -0.39 is 0 Å². The van der Waals surface area contributed by atoms with Crippen molar-refractivity contribution in [2.75, 3.05) is 225 Å². The zero-order chi connectivity index (χ0) is 81.6. The molecule has 0 bridgehead atoms. The molecular formula is C82H144N10O5S10. The topological polar surface area (TPSA) is 122 Å². The molecule has 0 heterocycles. The summed E-state index contributed by atoms with van der Waals surface area (Å²) in [6.07, 6.45) is 4.76. The fourth-order valence-corrected chi connectivity index (χ4v) is 16.0. The van der Waals surface area contributed by atoms with Gasteiger partial charge in [-0.2, -0.15) is 0 Å². The number of hydrogen-bond acceptors (Lipinski definition) is 25. The van der Waals surface area contributed by atoms with Crippen LogP contribution in [0.4, 0.5) is 28.4 Å². The van der Waals surface area contributed by atoms with E-state index in [9.17, 15) is 0 Å². The van der Waals surface area contributed by atoms with Gasteiger partial charge in [-0.05, 0) is 119 Å². The molecule has 107 heavy (non-hydrogen) atoms. The Morgan fingerprint density at radius 2 is 0.439 bits per heavy atom. The number of likely N-dealkylation sites (N-methyl/N-ethyl adjacent to an activating group) is 4. The molecular weight excluding hydrogens is 1530 g/mol. The molecule has 0 fully saturated rings. The fraction of sp³-hybridized carbons (Fsp3) is 0.756. The largest absolute Gasteiger partial charge is 0.381 e. The lowest BCUT2D eigenvalue weighted by atomic mass is 9.83. The number of nitrogens with one attached hydrogen (secondary N) is 5. The van der Waals surface area contributed by atoms with Crippen LogP contribution in [0.15, 0.2) is 0 Å². The lowest BCUT2D eigenvalue weighted by molar-refractivity contribution is 0.111. The molecule has 0 aliphatic rings. The smallest absolute Gasteiger partial charge is 0.0796 e. The third kappa shape index (κ3) is 36.3. The molecule has 0 aliphatic carbocycles. The van der Waals surface area contributed by atoms with Crippen molar-refractivity contribution in [3.05, 3.63) is 72.9 Å². The molecule has 0 saturated heterocycles. The Morgan fingerprint density at radius 1 is 0.234 bits per heavy atom. The molecule has 612 valence electrons. The second-order valence-corrected chi connectivity index (χ2v) is 36.6. The van der Waals surface area contributed by atoms with E-state index in [-0.39, 0.29) is 27.1 Å². The molecule has 0 radical (unpaired) electrons. The first-order chi connectivity index (χ1) is 50.0. The molecule has 5 aromatic rings. The number of anilines is 5. The molecule has 5 aromatic carbocycles. The highest BCUT2D eigenvalue weighted by molar-refractivity contribution is 7.75. The molecule has 0 unspecified atom stereocenters. The first-order valence-electron chi connectivity index (χ1n) is 39.4. The maximum absolute atomic E-state index is 5.76. The standard InChI is InChI=1S/C18H32N2OS2.C17H30N2OS2.2C16H28N2OS2.C15H26N2OS2/c1-6-9-20(10-7-2)11-13-21-12-8-19-15-14(18(3,4)5)16(22)17(15)23;1-6-9-19(7-2)10-12-20-11-8-18-14-13(17(3,4)5)15(21)16(14)22;1-6-8-18(5)9-11-19-10-7-17-13-12(16(2,3)4)14(20)15(13)21;1-6-18(7-2)9-11-19-10-8-17-13-12(16(3,4)5)14(20)15(13)21;1-6-17(5)8-10-18-9-7-16-12-11(15(2,3)4)13(19)14(12)20/h19H,6-13H2,1-5H3;18H,6-12H2,1-5H3;2*17H,6-11H2,1-5H3;16H,6-10H2,1-5H3. The molecule has 0 atom stereocenters. The lowest BCUT2D eigenvalue weighted by Gasteiger charge is -2.27. The third-order valence-corrected chi connectivity index (χ3v) is 22.8. The number of rotatable bonds is 47. The molecule has 0 amide bonds. The van der Waals surface area contributed by atoms with Crippen LogP contribution in [-0.4, -0.2) is 222 Å². The van der Waals surface area contributed by atoms with Crippen molar-refractivity contribution in [2.24, 2.45) is 0 Å². The van der Waals surface area contributed by atoms with E-state index in [1.165, 1.54) is 53.5 Å². The summed E-state index contributed by atoms with van der Waals surface area (Å²) < 4.78 is 36.7. The van der Waals surface area contributed by atoms with Gasteiger partial charge in [0.25, 0.3) is 0 Å². The van der Waals surface area contributed by atoms with Crippen LogP contribution in [-0.2, 0) is 50.8 Å². The molecule has 0 saturated carbocycles. The van der Waals surface area contributed by atoms with Gasteiger partial charge in [-0.15, -0.1) is 0 Å². The van der Waals surface area contributed by atoms with Gasteiger partial charge >= 0.3 is 0 Å². The molecule has 5 N–H and O–H groups in total. The van der Waals surface area contributed by atoms with Crippen LogP contribution in [0.3, 0.4) is 0 Å². The highest BCUT2D eigenvalue weighted by Gasteiger charge is 2.30. The van der Waals surface area contributed by atoms with Gasteiger partial charge in [-0.3, -0.25) is 0 Å². The average Bonchev–Trinajstić information content (AvgIpc) is 0.791. The van der Waals surface area contributed by atoms with Crippen LogP contribution in [0.1, 0.15) is 213 Å². The molecule has 15 nitrogen and oxygen atoms in total. The van der Waals surface area contributed by atoms with Gasteiger partial charge in [0.15, 0.2) is 0 Å². The average molecular weight is 1670 g/mol.